The second-order valence-corrected chi connectivity index (χ2v) is 12.1. The molecule has 2 amide bonds. The highest BCUT2D eigenvalue weighted by Crippen LogP contribution is 2.36. The van der Waals surface area contributed by atoms with Crippen LogP contribution in [0, 0.1) is 0 Å². The molecule has 2 fully saturated rings. The maximum Gasteiger partial charge on any atom is 0.257 e. The van der Waals surface area contributed by atoms with Crippen molar-refractivity contribution in [2.45, 2.75) is 45.7 Å². The van der Waals surface area contributed by atoms with Crippen molar-refractivity contribution in [2.24, 2.45) is 0 Å². The second kappa shape index (κ2) is 13.9. The largest absolute Gasteiger partial charge is 0.369 e. The smallest absolute Gasteiger partial charge is 0.257 e. The van der Waals surface area contributed by atoms with Crippen LogP contribution >= 0.6 is 0 Å². The number of piperazine rings is 1. The molecule has 3 aliphatic heterocycles. The van der Waals surface area contributed by atoms with Gasteiger partial charge in [0.15, 0.2) is 5.82 Å². The maximum absolute atomic E-state index is 14.1. The molecule has 2 saturated heterocycles. The summed E-state index contributed by atoms with van der Waals surface area (Å²) < 4.78 is 0. The summed E-state index contributed by atoms with van der Waals surface area (Å²) in [5.41, 5.74) is 4.23. The summed E-state index contributed by atoms with van der Waals surface area (Å²) in [4.78, 5) is 43.2. The van der Waals surface area contributed by atoms with Crippen molar-refractivity contribution in [1.82, 2.24) is 19.7 Å². The summed E-state index contributed by atoms with van der Waals surface area (Å²) in [6.45, 7) is 13.9. The van der Waals surface area contributed by atoms with Crippen LogP contribution in [0.15, 0.2) is 66.9 Å². The number of nitrogens with one attached hydrogen (secondary N) is 1. The van der Waals surface area contributed by atoms with E-state index in [0.717, 1.165) is 71.7 Å². The number of anilines is 4. The molecule has 44 heavy (non-hydrogen) atoms. The van der Waals surface area contributed by atoms with Gasteiger partial charge in [-0.1, -0.05) is 44.5 Å². The minimum Gasteiger partial charge on any atom is -0.369 e. The van der Waals surface area contributed by atoms with Crippen molar-refractivity contribution in [3.63, 3.8) is 0 Å². The topological polar surface area (TPSA) is 75.3 Å². The predicted octanol–water partition coefficient (Wildman–Crippen LogP) is 4.83. The normalized spacial score (nSPS) is 19.3. The number of likely N-dealkylation sites (tertiary alicyclic amines) is 1. The van der Waals surface area contributed by atoms with E-state index in [9.17, 15) is 9.59 Å². The summed E-state index contributed by atoms with van der Waals surface area (Å²) in [6, 6.07) is 20.3. The van der Waals surface area contributed by atoms with Gasteiger partial charge in [-0.05, 0) is 74.4 Å². The van der Waals surface area contributed by atoms with Crippen LogP contribution in [-0.2, 0) is 11.3 Å². The number of rotatable bonds is 9. The number of likely N-dealkylation sites (N-methyl/N-ethyl adjacent to an activating group) is 2. The molecule has 0 saturated carbocycles. The Hall–Kier alpha value is -3.79. The van der Waals surface area contributed by atoms with Gasteiger partial charge < -0.3 is 15.1 Å². The van der Waals surface area contributed by atoms with E-state index in [1.165, 1.54) is 17.7 Å². The van der Waals surface area contributed by atoms with Crippen molar-refractivity contribution in [3.05, 3.63) is 78.0 Å². The fourth-order valence-corrected chi connectivity index (χ4v) is 6.81. The Morgan fingerprint density at radius 2 is 1.75 bits per heavy atom. The first kappa shape index (κ1) is 30.2. The van der Waals surface area contributed by atoms with Gasteiger partial charge in [0.1, 0.15) is 0 Å². The summed E-state index contributed by atoms with van der Waals surface area (Å²) in [5.74, 6) is 0.168. The van der Waals surface area contributed by atoms with Crippen LogP contribution < -0.4 is 15.1 Å². The lowest BCUT2D eigenvalue weighted by Gasteiger charge is -2.39. The second-order valence-electron chi connectivity index (χ2n) is 12.1. The number of carbonyl (C=O) groups is 2. The number of carbonyl (C=O) groups excluding carboxylic acids is 2. The lowest BCUT2D eigenvalue weighted by atomic mass is 10.0. The summed E-state index contributed by atoms with van der Waals surface area (Å²) in [6.07, 6.45) is 4.98. The molecule has 4 heterocycles. The zero-order valence-corrected chi connectivity index (χ0v) is 26.1. The molecule has 0 radical (unpaired) electrons. The molecule has 1 N–H and O–H groups in total. The highest BCUT2D eigenvalue weighted by atomic mass is 16.2. The number of piperidine rings is 1. The third-order valence-corrected chi connectivity index (χ3v) is 9.42. The van der Waals surface area contributed by atoms with Gasteiger partial charge in [-0.15, -0.1) is 0 Å². The van der Waals surface area contributed by atoms with E-state index in [0.29, 0.717) is 22.8 Å². The molecule has 1 atom stereocenters. The van der Waals surface area contributed by atoms with Crippen molar-refractivity contribution in [3.8, 4) is 0 Å². The first-order valence-corrected chi connectivity index (χ1v) is 16.2. The van der Waals surface area contributed by atoms with E-state index < -0.39 is 0 Å². The van der Waals surface area contributed by atoms with Crippen molar-refractivity contribution >= 4 is 34.7 Å². The van der Waals surface area contributed by atoms with Crippen LogP contribution in [0.3, 0.4) is 0 Å². The van der Waals surface area contributed by atoms with Gasteiger partial charge in [0.2, 0.25) is 5.91 Å². The lowest BCUT2D eigenvalue weighted by Crippen LogP contribution is -2.50. The molecule has 6 rings (SSSR count). The Labute approximate surface area is 261 Å². The Bertz CT molecular complexity index is 1440. The van der Waals surface area contributed by atoms with Gasteiger partial charge in [0, 0.05) is 57.2 Å². The maximum atomic E-state index is 14.1. The van der Waals surface area contributed by atoms with Gasteiger partial charge in [0.05, 0.1) is 23.5 Å². The summed E-state index contributed by atoms with van der Waals surface area (Å²) in [7, 11) is 0. The molecule has 0 spiro atoms. The minimum absolute atomic E-state index is 0.0702. The monoisotopic (exact) mass is 595 g/mol. The van der Waals surface area contributed by atoms with Crippen LogP contribution in [0.2, 0.25) is 0 Å². The molecule has 9 nitrogen and oxygen atoms in total. The molecule has 1 aromatic heterocycles. The van der Waals surface area contributed by atoms with E-state index >= 15 is 0 Å². The highest BCUT2D eigenvalue weighted by molar-refractivity contribution is 6.17. The van der Waals surface area contributed by atoms with Gasteiger partial charge >= 0.3 is 0 Å². The van der Waals surface area contributed by atoms with E-state index in [-0.39, 0.29) is 24.4 Å². The molecule has 2 aromatic carbocycles. The van der Waals surface area contributed by atoms with Crippen molar-refractivity contribution in [1.29, 1.82) is 0 Å². The SMILES string of the molecule is CCN1CCN(c2ccc(CN(CC)CC3CCCCN3CC(=O)N3c4ccccc4C(=O)Nc4cccnc43)cc2)CC1. The zero-order chi connectivity index (χ0) is 30.5. The first-order chi connectivity index (χ1) is 21.5. The number of amides is 2. The highest BCUT2D eigenvalue weighted by Gasteiger charge is 2.33. The van der Waals surface area contributed by atoms with Gasteiger partial charge in [0.25, 0.3) is 5.91 Å². The molecule has 232 valence electrons. The fraction of sp³-hybridized carbons (Fsp3) is 0.457. The molecule has 3 aromatic rings. The number of pyridine rings is 1. The number of hydrogen-bond acceptors (Lipinski definition) is 7. The first-order valence-electron chi connectivity index (χ1n) is 16.2. The molecule has 0 aliphatic carbocycles. The summed E-state index contributed by atoms with van der Waals surface area (Å²) in [5, 5.41) is 2.94. The van der Waals surface area contributed by atoms with Crippen molar-refractivity contribution < 1.29 is 9.59 Å². The predicted molar refractivity (Wildman–Crippen MR) is 177 cm³/mol. The molecule has 9 heteroatoms. The van der Waals surface area contributed by atoms with E-state index in [2.05, 4.69) is 68.0 Å². The zero-order valence-electron chi connectivity index (χ0n) is 26.1. The number of aromatic nitrogens is 1. The average Bonchev–Trinajstić information content (AvgIpc) is 3.19. The minimum atomic E-state index is -0.230. The molecular formula is C35H45N7O2. The van der Waals surface area contributed by atoms with E-state index in [1.807, 2.05) is 18.2 Å². The number of benzene rings is 2. The lowest BCUT2D eigenvalue weighted by molar-refractivity contribution is -0.120. The molecular weight excluding hydrogens is 550 g/mol. The standard InChI is InChI=1S/C35H45N7O2/c1-3-38-20-22-40(23-21-38)28-16-14-27(15-17-28)24-39(4-2)25-29-10-7-8-19-41(29)26-33(43)42-32-13-6-5-11-30(32)35(44)37-31-12-9-18-36-34(31)42/h5-6,9,11-18,29H,3-4,7-8,10,19-26H2,1-2H3,(H,37,44). The van der Waals surface area contributed by atoms with E-state index in [4.69, 9.17) is 0 Å². The quantitative estimate of drug-likeness (QED) is 0.380. The number of hydrogen-bond donors (Lipinski definition) is 1. The van der Waals surface area contributed by atoms with Gasteiger partial charge in [-0.25, -0.2) is 4.98 Å². The van der Waals surface area contributed by atoms with Gasteiger partial charge in [-0.3, -0.25) is 24.3 Å². The number of fused-ring (bicyclic) bond motifs is 2. The Morgan fingerprint density at radius 1 is 0.955 bits per heavy atom. The van der Waals surface area contributed by atoms with Crippen LogP contribution in [0.5, 0.6) is 0 Å². The Morgan fingerprint density at radius 3 is 2.52 bits per heavy atom. The Balaban J connectivity index is 1.13. The summed E-state index contributed by atoms with van der Waals surface area (Å²) >= 11 is 0. The third kappa shape index (κ3) is 6.65. The number of nitrogens with zero attached hydrogens (tertiary/aromatic N) is 6. The van der Waals surface area contributed by atoms with E-state index in [1.54, 1.807) is 29.3 Å². The van der Waals surface area contributed by atoms with Crippen LogP contribution in [0.1, 0.15) is 49.0 Å². The van der Waals surface area contributed by atoms with Crippen molar-refractivity contribution in [2.75, 3.05) is 74.0 Å². The van der Waals surface area contributed by atoms with Crippen LogP contribution in [0.4, 0.5) is 22.9 Å². The Kier molecular flexibility index (Phi) is 9.54. The molecule has 3 aliphatic rings. The molecule has 1 unspecified atom stereocenters. The van der Waals surface area contributed by atoms with Crippen LogP contribution in [-0.4, -0.2) is 96.4 Å². The fourth-order valence-electron chi connectivity index (χ4n) is 6.81. The number of para-hydroxylation sites is 1. The van der Waals surface area contributed by atoms with Crippen LogP contribution in [0.25, 0.3) is 0 Å². The average molecular weight is 596 g/mol. The third-order valence-electron chi connectivity index (χ3n) is 9.42. The van der Waals surface area contributed by atoms with Gasteiger partial charge in [-0.2, -0.15) is 0 Å². The molecule has 0 bridgehead atoms.